The Hall–Kier alpha value is -2.42. The lowest BCUT2D eigenvalue weighted by molar-refractivity contribution is -0.391. The molecule has 1 saturated heterocycles. The Kier molecular flexibility index (Phi) is 4.22. The van der Waals surface area contributed by atoms with E-state index >= 15 is 0 Å². The maximum absolute atomic E-state index is 12.4. The summed E-state index contributed by atoms with van der Waals surface area (Å²) in [5.74, 6) is -1.54. The van der Waals surface area contributed by atoms with Crippen LogP contribution in [0.5, 0.6) is 0 Å². The lowest BCUT2D eigenvalue weighted by Crippen LogP contribution is -2.46. The van der Waals surface area contributed by atoms with E-state index in [1.54, 1.807) is 0 Å². The molecule has 1 aliphatic rings. The lowest BCUT2D eigenvalue weighted by Gasteiger charge is -2.31. The number of carboxylic acid groups (broad SMARTS) is 1. The van der Waals surface area contributed by atoms with E-state index < -0.39 is 17.0 Å². The summed E-state index contributed by atoms with van der Waals surface area (Å²) < 4.78 is 6.50. The molecule has 1 aromatic rings. The van der Waals surface area contributed by atoms with Crippen molar-refractivity contribution in [3.63, 3.8) is 0 Å². The van der Waals surface area contributed by atoms with Crippen molar-refractivity contribution in [1.29, 1.82) is 0 Å². The van der Waals surface area contributed by atoms with E-state index in [4.69, 9.17) is 9.84 Å². The summed E-state index contributed by atoms with van der Waals surface area (Å²) in [5.41, 5.74) is 0.192. The van der Waals surface area contributed by atoms with E-state index in [0.29, 0.717) is 6.54 Å². The van der Waals surface area contributed by atoms with Gasteiger partial charge in [0.15, 0.2) is 5.69 Å². The molecule has 1 amide bonds. The number of aliphatic carboxylic acids is 1. The number of rotatable bonds is 4. The Labute approximate surface area is 119 Å². The molecule has 0 radical (unpaired) electrons. The SMILES string of the molecule is Cn1c(C(=O)N2CCOC(CC(=O)O)C2)ccc1[N+](=O)[O-]. The molecule has 0 aromatic carbocycles. The zero-order chi connectivity index (χ0) is 15.6. The van der Waals surface area contributed by atoms with Crippen LogP contribution in [0.1, 0.15) is 16.9 Å². The zero-order valence-electron chi connectivity index (χ0n) is 11.4. The van der Waals surface area contributed by atoms with Gasteiger partial charge in [0.1, 0.15) is 0 Å². The molecule has 1 unspecified atom stereocenters. The Morgan fingerprint density at radius 3 is 2.81 bits per heavy atom. The van der Waals surface area contributed by atoms with Crippen LogP contribution in [0.15, 0.2) is 12.1 Å². The van der Waals surface area contributed by atoms with Crippen molar-refractivity contribution in [3.05, 3.63) is 27.9 Å². The number of nitro groups is 1. The van der Waals surface area contributed by atoms with Crippen molar-refractivity contribution in [3.8, 4) is 0 Å². The highest BCUT2D eigenvalue weighted by Gasteiger charge is 2.30. The van der Waals surface area contributed by atoms with E-state index in [9.17, 15) is 19.7 Å². The van der Waals surface area contributed by atoms with Gasteiger partial charge in [0.2, 0.25) is 0 Å². The summed E-state index contributed by atoms with van der Waals surface area (Å²) in [6, 6.07) is 2.66. The number of amides is 1. The number of carbonyl (C=O) groups is 2. The highest BCUT2D eigenvalue weighted by atomic mass is 16.6. The van der Waals surface area contributed by atoms with Crippen LogP contribution in [0.4, 0.5) is 5.82 Å². The average Bonchev–Trinajstić information content (AvgIpc) is 2.79. The summed E-state index contributed by atoms with van der Waals surface area (Å²) in [6.07, 6.45) is -0.743. The van der Waals surface area contributed by atoms with Crippen LogP contribution in [0.3, 0.4) is 0 Å². The van der Waals surface area contributed by atoms with Gasteiger partial charge in [-0.05, 0) is 11.0 Å². The average molecular weight is 297 g/mol. The lowest BCUT2D eigenvalue weighted by atomic mass is 10.2. The van der Waals surface area contributed by atoms with Crippen molar-refractivity contribution < 1.29 is 24.4 Å². The normalized spacial score (nSPS) is 18.5. The first-order valence-corrected chi connectivity index (χ1v) is 6.33. The molecule has 0 aliphatic carbocycles. The quantitative estimate of drug-likeness (QED) is 0.629. The monoisotopic (exact) mass is 297 g/mol. The van der Waals surface area contributed by atoms with Gasteiger partial charge in [-0.1, -0.05) is 0 Å². The Morgan fingerprint density at radius 2 is 2.24 bits per heavy atom. The molecule has 21 heavy (non-hydrogen) atoms. The molecule has 1 fully saturated rings. The van der Waals surface area contributed by atoms with Crippen molar-refractivity contribution in [2.24, 2.45) is 7.05 Å². The highest BCUT2D eigenvalue weighted by Crippen LogP contribution is 2.18. The summed E-state index contributed by atoms with van der Waals surface area (Å²) in [7, 11) is 1.44. The molecule has 9 nitrogen and oxygen atoms in total. The third-order valence-electron chi connectivity index (χ3n) is 3.33. The first kappa shape index (κ1) is 15.0. The number of morpholine rings is 1. The predicted molar refractivity (Wildman–Crippen MR) is 70.0 cm³/mol. The van der Waals surface area contributed by atoms with Gasteiger partial charge in [-0.25, -0.2) is 4.57 Å². The number of hydrogen-bond acceptors (Lipinski definition) is 5. The van der Waals surface area contributed by atoms with Gasteiger partial charge in [0.25, 0.3) is 5.91 Å². The third-order valence-corrected chi connectivity index (χ3v) is 3.33. The minimum Gasteiger partial charge on any atom is -0.481 e. The van der Waals surface area contributed by atoms with Crippen LogP contribution in [-0.4, -0.2) is 57.2 Å². The summed E-state index contributed by atoms with van der Waals surface area (Å²) >= 11 is 0. The third kappa shape index (κ3) is 3.19. The molecule has 1 atom stereocenters. The number of carbonyl (C=O) groups excluding carboxylic acids is 1. The molecule has 1 aliphatic heterocycles. The minimum absolute atomic E-state index is 0.157. The van der Waals surface area contributed by atoms with Gasteiger partial charge in [-0.15, -0.1) is 0 Å². The number of carboxylic acids is 1. The Morgan fingerprint density at radius 1 is 1.52 bits per heavy atom. The molecule has 0 bridgehead atoms. The maximum Gasteiger partial charge on any atom is 0.323 e. The first-order valence-electron chi connectivity index (χ1n) is 6.33. The first-order chi connectivity index (χ1) is 9.90. The molecule has 2 rings (SSSR count). The van der Waals surface area contributed by atoms with Crippen LogP contribution in [0.2, 0.25) is 0 Å². The molecular formula is C12H15N3O6. The van der Waals surface area contributed by atoms with Gasteiger partial charge in [-0.2, -0.15) is 0 Å². The number of ether oxygens (including phenoxy) is 1. The second-order valence-electron chi connectivity index (χ2n) is 4.73. The summed E-state index contributed by atoms with van der Waals surface area (Å²) in [5, 5.41) is 19.5. The van der Waals surface area contributed by atoms with Gasteiger partial charge >= 0.3 is 11.8 Å². The fourth-order valence-corrected chi connectivity index (χ4v) is 2.28. The van der Waals surface area contributed by atoms with Crippen molar-refractivity contribution >= 4 is 17.7 Å². The van der Waals surface area contributed by atoms with E-state index in [-0.39, 0.29) is 37.0 Å². The van der Waals surface area contributed by atoms with Gasteiger partial charge in [0.05, 0.1) is 26.2 Å². The van der Waals surface area contributed by atoms with E-state index in [2.05, 4.69) is 0 Å². The Balaban J connectivity index is 2.12. The van der Waals surface area contributed by atoms with Crippen molar-refractivity contribution in [2.45, 2.75) is 12.5 Å². The molecule has 9 heteroatoms. The zero-order valence-corrected chi connectivity index (χ0v) is 11.4. The topological polar surface area (TPSA) is 115 Å². The van der Waals surface area contributed by atoms with Crippen molar-refractivity contribution in [1.82, 2.24) is 9.47 Å². The van der Waals surface area contributed by atoms with Crippen molar-refractivity contribution in [2.75, 3.05) is 19.7 Å². The van der Waals surface area contributed by atoms with E-state index in [1.807, 2.05) is 0 Å². The maximum atomic E-state index is 12.4. The fraction of sp³-hybridized carbons (Fsp3) is 0.500. The molecule has 1 aromatic heterocycles. The molecule has 0 spiro atoms. The van der Waals surface area contributed by atoms with Crippen LogP contribution in [0.25, 0.3) is 0 Å². The van der Waals surface area contributed by atoms with E-state index in [0.717, 1.165) is 0 Å². The number of nitrogens with zero attached hydrogens (tertiary/aromatic N) is 3. The largest absolute Gasteiger partial charge is 0.481 e. The number of aromatic nitrogens is 1. The Bertz CT molecular complexity index is 582. The minimum atomic E-state index is -0.996. The summed E-state index contributed by atoms with van der Waals surface area (Å²) in [6.45, 7) is 0.730. The molecule has 1 N–H and O–H groups in total. The molecule has 2 heterocycles. The van der Waals surface area contributed by atoms with Gasteiger partial charge in [0, 0.05) is 19.2 Å². The summed E-state index contributed by atoms with van der Waals surface area (Å²) in [4.78, 5) is 34.7. The van der Waals surface area contributed by atoms with Gasteiger partial charge in [-0.3, -0.25) is 9.59 Å². The molecular weight excluding hydrogens is 282 g/mol. The van der Waals surface area contributed by atoms with Crippen LogP contribution < -0.4 is 0 Å². The second-order valence-corrected chi connectivity index (χ2v) is 4.73. The van der Waals surface area contributed by atoms with Crippen LogP contribution in [-0.2, 0) is 16.6 Å². The standard InChI is InChI=1S/C12H15N3O6/c1-13-9(2-3-10(13)15(19)20)12(18)14-4-5-21-8(7-14)6-11(16)17/h2-3,8H,4-7H2,1H3,(H,16,17). The highest BCUT2D eigenvalue weighted by molar-refractivity contribution is 5.93. The number of hydrogen-bond donors (Lipinski definition) is 1. The van der Waals surface area contributed by atoms with Crippen LogP contribution >= 0.6 is 0 Å². The fourth-order valence-electron chi connectivity index (χ4n) is 2.28. The molecule has 0 saturated carbocycles. The van der Waals surface area contributed by atoms with E-state index in [1.165, 1.54) is 28.6 Å². The second kappa shape index (κ2) is 5.92. The smallest absolute Gasteiger partial charge is 0.323 e. The molecule has 114 valence electrons. The van der Waals surface area contributed by atoms with Crippen LogP contribution in [0, 0.1) is 10.1 Å². The predicted octanol–water partition coefficient (Wildman–Crippen LogP) is 0.249. The van der Waals surface area contributed by atoms with Gasteiger partial charge < -0.3 is 24.9 Å².